The van der Waals surface area contributed by atoms with Crippen molar-refractivity contribution >= 4 is 5.69 Å². The Morgan fingerprint density at radius 2 is 2.26 bits per heavy atom. The summed E-state index contributed by atoms with van der Waals surface area (Å²) in [6, 6.07) is 4.35. The molecular weight excluding hydrogens is 249 g/mol. The summed E-state index contributed by atoms with van der Waals surface area (Å²) in [4.78, 5) is 4.12. The van der Waals surface area contributed by atoms with Gasteiger partial charge in [0.05, 0.1) is 24.1 Å². The van der Waals surface area contributed by atoms with Gasteiger partial charge >= 0.3 is 0 Å². The fourth-order valence-corrected chi connectivity index (χ4v) is 1.78. The summed E-state index contributed by atoms with van der Waals surface area (Å²) in [5.74, 6) is 0.403. The van der Waals surface area contributed by atoms with Gasteiger partial charge in [-0.25, -0.2) is 9.37 Å². The average molecular weight is 265 g/mol. The quantitative estimate of drug-likeness (QED) is 0.756. The molecule has 0 bridgehead atoms. The Morgan fingerprint density at radius 1 is 1.47 bits per heavy atom. The zero-order valence-electron chi connectivity index (χ0n) is 10.5. The molecular formula is C13H16FN3O2. The second-order valence-corrected chi connectivity index (χ2v) is 4.22. The van der Waals surface area contributed by atoms with Crippen LogP contribution in [0.2, 0.25) is 0 Å². The van der Waals surface area contributed by atoms with Crippen LogP contribution in [0.3, 0.4) is 0 Å². The predicted octanol–water partition coefficient (Wildman–Crippen LogP) is 1.08. The first kappa shape index (κ1) is 13.5. The van der Waals surface area contributed by atoms with E-state index in [9.17, 15) is 9.50 Å². The van der Waals surface area contributed by atoms with Crippen LogP contribution in [-0.2, 0) is 0 Å². The summed E-state index contributed by atoms with van der Waals surface area (Å²) in [5, 5.41) is 21.0. The molecule has 0 aliphatic carbocycles. The van der Waals surface area contributed by atoms with E-state index in [0.717, 1.165) is 11.5 Å². The van der Waals surface area contributed by atoms with Crippen LogP contribution in [0.5, 0.6) is 0 Å². The summed E-state index contributed by atoms with van der Waals surface area (Å²) in [6.45, 7) is 1.64. The first-order valence-electron chi connectivity index (χ1n) is 5.94. The summed E-state index contributed by atoms with van der Waals surface area (Å²) in [7, 11) is 0. The van der Waals surface area contributed by atoms with Crippen molar-refractivity contribution in [2.24, 2.45) is 0 Å². The lowest BCUT2D eigenvalue weighted by Gasteiger charge is -2.15. The summed E-state index contributed by atoms with van der Waals surface area (Å²) in [6.07, 6.45) is 2.54. The molecule has 0 aliphatic heterocycles. The molecule has 6 heteroatoms. The van der Waals surface area contributed by atoms with Gasteiger partial charge in [-0.3, -0.25) is 0 Å². The molecule has 0 radical (unpaired) electrons. The van der Waals surface area contributed by atoms with Gasteiger partial charge in [-0.15, -0.1) is 0 Å². The number of halogens is 1. The van der Waals surface area contributed by atoms with Gasteiger partial charge in [0.1, 0.15) is 11.6 Å². The van der Waals surface area contributed by atoms with Gasteiger partial charge in [0.15, 0.2) is 0 Å². The number of nitrogens with zero attached hydrogens (tertiary/aromatic N) is 2. The number of rotatable bonds is 5. The van der Waals surface area contributed by atoms with Crippen LogP contribution in [0, 0.1) is 12.7 Å². The van der Waals surface area contributed by atoms with E-state index in [1.54, 1.807) is 18.5 Å². The molecule has 0 spiro atoms. The van der Waals surface area contributed by atoms with Gasteiger partial charge in [-0.2, -0.15) is 0 Å². The molecule has 1 atom stereocenters. The van der Waals surface area contributed by atoms with E-state index < -0.39 is 6.10 Å². The smallest absolute Gasteiger partial charge is 0.125 e. The Labute approximate surface area is 110 Å². The van der Waals surface area contributed by atoms with E-state index in [1.807, 2.05) is 11.5 Å². The molecule has 1 aromatic carbocycles. The Bertz CT molecular complexity index is 557. The fourth-order valence-electron chi connectivity index (χ4n) is 1.78. The van der Waals surface area contributed by atoms with Gasteiger partial charge in [0.2, 0.25) is 0 Å². The first-order valence-corrected chi connectivity index (χ1v) is 5.94. The number of benzene rings is 1. The van der Waals surface area contributed by atoms with E-state index in [0.29, 0.717) is 5.69 Å². The van der Waals surface area contributed by atoms with Crippen molar-refractivity contribution in [2.45, 2.75) is 13.0 Å². The number of hydrogen-bond acceptors (Lipinski definition) is 4. The van der Waals surface area contributed by atoms with Gasteiger partial charge in [0, 0.05) is 18.9 Å². The maximum absolute atomic E-state index is 13.3. The topological polar surface area (TPSA) is 70.3 Å². The third-order valence-corrected chi connectivity index (χ3v) is 2.78. The molecule has 0 aliphatic rings. The summed E-state index contributed by atoms with van der Waals surface area (Å²) in [5.41, 5.74) is 1.27. The molecule has 2 aromatic rings. The minimum atomic E-state index is -0.889. The number of aliphatic hydroxyl groups excluding tert-OH is 2. The lowest BCUT2D eigenvalue weighted by atomic mass is 10.2. The van der Waals surface area contributed by atoms with Crippen molar-refractivity contribution in [1.82, 2.24) is 9.55 Å². The van der Waals surface area contributed by atoms with Crippen molar-refractivity contribution in [3.05, 3.63) is 42.2 Å². The molecule has 1 heterocycles. The van der Waals surface area contributed by atoms with Crippen LogP contribution in [0.4, 0.5) is 10.1 Å². The van der Waals surface area contributed by atoms with Crippen LogP contribution in [0.15, 0.2) is 30.6 Å². The molecule has 3 N–H and O–H groups in total. The molecule has 1 unspecified atom stereocenters. The molecule has 0 amide bonds. The number of imidazole rings is 1. The molecule has 0 fully saturated rings. The first-order chi connectivity index (χ1) is 9.11. The minimum Gasteiger partial charge on any atom is -0.394 e. The third kappa shape index (κ3) is 3.10. The second kappa shape index (κ2) is 5.81. The van der Waals surface area contributed by atoms with Crippen molar-refractivity contribution in [3.63, 3.8) is 0 Å². The van der Waals surface area contributed by atoms with E-state index in [2.05, 4.69) is 10.3 Å². The van der Waals surface area contributed by atoms with Crippen LogP contribution >= 0.6 is 0 Å². The van der Waals surface area contributed by atoms with Crippen molar-refractivity contribution < 1.29 is 14.6 Å². The van der Waals surface area contributed by atoms with Crippen molar-refractivity contribution in [3.8, 4) is 5.69 Å². The molecule has 2 rings (SSSR count). The Hall–Kier alpha value is -1.92. The molecule has 102 valence electrons. The number of hydrogen-bond donors (Lipinski definition) is 3. The summed E-state index contributed by atoms with van der Waals surface area (Å²) < 4.78 is 15.1. The lowest BCUT2D eigenvalue weighted by Crippen LogP contribution is -2.23. The predicted molar refractivity (Wildman–Crippen MR) is 69.8 cm³/mol. The van der Waals surface area contributed by atoms with E-state index in [4.69, 9.17) is 5.11 Å². The van der Waals surface area contributed by atoms with E-state index in [-0.39, 0.29) is 19.0 Å². The maximum Gasteiger partial charge on any atom is 0.125 e. The molecule has 0 saturated carbocycles. The minimum absolute atomic E-state index is 0.140. The second-order valence-electron chi connectivity index (χ2n) is 4.22. The summed E-state index contributed by atoms with van der Waals surface area (Å²) >= 11 is 0. The Balaban J connectivity index is 2.31. The van der Waals surface area contributed by atoms with E-state index >= 15 is 0 Å². The zero-order valence-corrected chi connectivity index (χ0v) is 10.5. The number of aromatic nitrogens is 2. The van der Waals surface area contributed by atoms with Crippen LogP contribution in [-0.4, -0.2) is 39.0 Å². The van der Waals surface area contributed by atoms with E-state index in [1.165, 1.54) is 12.1 Å². The molecule has 5 nitrogen and oxygen atoms in total. The highest BCUT2D eigenvalue weighted by Gasteiger charge is 2.09. The maximum atomic E-state index is 13.3. The highest BCUT2D eigenvalue weighted by Crippen LogP contribution is 2.22. The normalized spacial score (nSPS) is 12.4. The van der Waals surface area contributed by atoms with Gasteiger partial charge in [-0.05, 0) is 25.1 Å². The zero-order chi connectivity index (χ0) is 13.8. The number of aryl methyl sites for hydroxylation is 1. The highest BCUT2D eigenvalue weighted by molar-refractivity contribution is 5.61. The van der Waals surface area contributed by atoms with Gasteiger partial charge in [-0.1, -0.05) is 0 Å². The standard InChI is InChI=1S/C13H16FN3O2/c1-9-15-4-5-17(9)13-3-2-10(14)6-12(13)16-7-11(19)8-18/h2-6,11,16,18-19H,7-8H2,1H3. The molecule has 19 heavy (non-hydrogen) atoms. The van der Waals surface area contributed by atoms with Gasteiger partial charge in [0.25, 0.3) is 0 Å². The lowest BCUT2D eigenvalue weighted by molar-refractivity contribution is 0.105. The number of aliphatic hydroxyl groups is 2. The third-order valence-electron chi connectivity index (χ3n) is 2.78. The van der Waals surface area contributed by atoms with Crippen LogP contribution < -0.4 is 5.32 Å². The van der Waals surface area contributed by atoms with Crippen molar-refractivity contribution in [2.75, 3.05) is 18.5 Å². The Kier molecular flexibility index (Phi) is 4.13. The average Bonchev–Trinajstić information content (AvgIpc) is 2.82. The van der Waals surface area contributed by atoms with Crippen LogP contribution in [0.1, 0.15) is 5.82 Å². The SMILES string of the molecule is Cc1nccn1-c1ccc(F)cc1NCC(O)CO. The fraction of sp³-hybridized carbons (Fsp3) is 0.308. The Morgan fingerprint density at radius 3 is 2.89 bits per heavy atom. The highest BCUT2D eigenvalue weighted by atomic mass is 19.1. The molecule has 1 aromatic heterocycles. The number of nitrogens with one attached hydrogen (secondary N) is 1. The largest absolute Gasteiger partial charge is 0.394 e. The molecule has 0 saturated heterocycles. The number of anilines is 1. The van der Waals surface area contributed by atoms with Gasteiger partial charge < -0.3 is 20.1 Å². The van der Waals surface area contributed by atoms with Crippen LogP contribution in [0.25, 0.3) is 5.69 Å². The monoisotopic (exact) mass is 265 g/mol. The van der Waals surface area contributed by atoms with Crippen molar-refractivity contribution in [1.29, 1.82) is 0 Å².